The summed E-state index contributed by atoms with van der Waals surface area (Å²) in [6, 6.07) is 9.67. The number of nitrogens with one attached hydrogen (secondary N) is 1. The van der Waals surface area contributed by atoms with Crippen molar-refractivity contribution in [1.82, 2.24) is 19.8 Å². The van der Waals surface area contributed by atoms with Crippen molar-refractivity contribution in [3.8, 4) is 0 Å². The number of benzene rings is 1. The summed E-state index contributed by atoms with van der Waals surface area (Å²) in [4.78, 5) is 19.0. The average molecular weight is 355 g/mol. The molecular formula is C20H29N5O. The minimum atomic E-state index is -0.554. The van der Waals surface area contributed by atoms with Gasteiger partial charge in [-0.15, -0.1) is 0 Å². The van der Waals surface area contributed by atoms with E-state index in [9.17, 15) is 4.79 Å². The van der Waals surface area contributed by atoms with Crippen molar-refractivity contribution in [2.75, 3.05) is 26.2 Å². The highest BCUT2D eigenvalue weighted by atomic mass is 16.2. The molecule has 1 aromatic carbocycles. The van der Waals surface area contributed by atoms with Gasteiger partial charge in [-0.2, -0.15) is 0 Å². The van der Waals surface area contributed by atoms with Crippen molar-refractivity contribution in [3.63, 3.8) is 0 Å². The summed E-state index contributed by atoms with van der Waals surface area (Å²) in [5.74, 6) is -0.0935. The Labute approximate surface area is 155 Å². The largest absolute Gasteiger partial charge is 0.355 e. The summed E-state index contributed by atoms with van der Waals surface area (Å²) in [5, 5.41) is 2.95. The van der Waals surface area contributed by atoms with Crippen LogP contribution in [-0.4, -0.2) is 52.6 Å². The number of imidazole rings is 1. The first kappa shape index (κ1) is 18.6. The monoisotopic (exact) mass is 355 g/mol. The van der Waals surface area contributed by atoms with Crippen LogP contribution in [0.25, 0.3) is 0 Å². The number of amides is 1. The van der Waals surface area contributed by atoms with Gasteiger partial charge < -0.3 is 20.5 Å². The van der Waals surface area contributed by atoms with Crippen LogP contribution in [0.2, 0.25) is 0 Å². The van der Waals surface area contributed by atoms with Crippen molar-refractivity contribution in [1.29, 1.82) is 0 Å². The van der Waals surface area contributed by atoms with Gasteiger partial charge in [0.1, 0.15) is 0 Å². The van der Waals surface area contributed by atoms with Crippen molar-refractivity contribution < 1.29 is 4.79 Å². The summed E-state index contributed by atoms with van der Waals surface area (Å²) in [6.45, 7) is 4.90. The minimum absolute atomic E-state index is 0.0935. The Morgan fingerprint density at radius 3 is 2.77 bits per heavy atom. The molecule has 0 radical (unpaired) electrons. The summed E-state index contributed by atoms with van der Waals surface area (Å²) in [6.07, 6.45) is 7.79. The number of hydrogen-bond donors (Lipinski definition) is 2. The number of likely N-dealkylation sites (tertiary alicyclic amines) is 1. The van der Waals surface area contributed by atoms with Crippen molar-refractivity contribution in [2.45, 2.75) is 38.3 Å². The Morgan fingerprint density at radius 2 is 2.00 bits per heavy atom. The van der Waals surface area contributed by atoms with Gasteiger partial charge in [-0.3, -0.25) is 4.79 Å². The van der Waals surface area contributed by atoms with Crippen LogP contribution in [0.15, 0.2) is 42.9 Å². The van der Waals surface area contributed by atoms with Crippen molar-refractivity contribution in [2.24, 2.45) is 5.73 Å². The van der Waals surface area contributed by atoms with Gasteiger partial charge in [-0.1, -0.05) is 30.3 Å². The molecule has 2 heterocycles. The number of aromatic nitrogens is 2. The van der Waals surface area contributed by atoms with Crippen LogP contribution in [0, 0.1) is 0 Å². The second kappa shape index (κ2) is 9.50. The Bertz CT molecular complexity index is 679. The lowest BCUT2D eigenvalue weighted by molar-refractivity contribution is -0.122. The molecule has 0 spiro atoms. The number of nitrogens with zero attached hydrogens (tertiary/aromatic N) is 3. The first-order chi connectivity index (χ1) is 12.7. The predicted molar refractivity (Wildman–Crippen MR) is 103 cm³/mol. The van der Waals surface area contributed by atoms with E-state index in [1.54, 1.807) is 6.33 Å². The zero-order chi connectivity index (χ0) is 18.2. The standard InChI is InChI=1S/C20H29N5O/c21-19(20(26)22-9-6-12-24-10-4-5-11-24)13-18-15-25(16-23-18)14-17-7-2-1-3-8-17/h1-3,7-8,15-16,19H,4-6,9-14,21H2,(H,22,26)/t19-/m0/s1. The third-order valence-electron chi connectivity index (χ3n) is 4.81. The molecule has 26 heavy (non-hydrogen) atoms. The Hall–Kier alpha value is -2.18. The zero-order valence-electron chi connectivity index (χ0n) is 15.3. The molecule has 140 valence electrons. The fraction of sp³-hybridized carbons (Fsp3) is 0.500. The van der Waals surface area contributed by atoms with Gasteiger partial charge in [-0.25, -0.2) is 4.98 Å². The quantitative estimate of drug-likeness (QED) is 0.667. The molecule has 1 aromatic heterocycles. The highest BCUT2D eigenvalue weighted by Crippen LogP contribution is 2.07. The third kappa shape index (κ3) is 5.68. The SMILES string of the molecule is N[C@@H](Cc1cn(Cc2ccccc2)cn1)C(=O)NCCCN1CCCC1. The molecule has 6 heteroatoms. The van der Waals surface area contributed by atoms with Crippen LogP contribution in [0.3, 0.4) is 0 Å². The number of carbonyl (C=O) groups is 1. The first-order valence-corrected chi connectivity index (χ1v) is 9.51. The van der Waals surface area contributed by atoms with Gasteiger partial charge in [0, 0.05) is 25.7 Å². The maximum Gasteiger partial charge on any atom is 0.237 e. The minimum Gasteiger partial charge on any atom is -0.355 e. The highest BCUT2D eigenvalue weighted by Gasteiger charge is 2.16. The lowest BCUT2D eigenvalue weighted by Crippen LogP contribution is -2.42. The molecule has 1 saturated heterocycles. The van der Waals surface area contributed by atoms with Gasteiger partial charge in [0.05, 0.1) is 18.1 Å². The van der Waals surface area contributed by atoms with Gasteiger partial charge in [-0.05, 0) is 44.5 Å². The van der Waals surface area contributed by atoms with E-state index in [-0.39, 0.29) is 5.91 Å². The van der Waals surface area contributed by atoms with Gasteiger partial charge >= 0.3 is 0 Å². The second-order valence-electron chi connectivity index (χ2n) is 7.03. The molecule has 0 bridgehead atoms. The van der Waals surface area contributed by atoms with Crippen LogP contribution in [-0.2, 0) is 17.8 Å². The second-order valence-corrected chi connectivity index (χ2v) is 7.03. The van der Waals surface area contributed by atoms with E-state index < -0.39 is 6.04 Å². The molecule has 1 atom stereocenters. The van der Waals surface area contributed by atoms with E-state index in [4.69, 9.17) is 5.73 Å². The molecule has 6 nitrogen and oxygen atoms in total. The average Bonchev–Trinajstić information content (AvgIpc) is 3.31. The predicted octanol–water partition coefficient (Wildman–Crippen LogP) is 1.40. The Kier molecular flexibility index (Phi) is 6.80. The van der Waals surface area contributed by atoms with Gasteiger partial charge in [0.25, 0.3) is 0 Å². The normalized spacial score (nSPS) is 15.9. The molecule has 1 amide bonds. The number of nitrogens with two attached hydrogens (primary N) is 1. The fourth-order valence-corrected chi connectivity index (χ4v) is 3.36. The van der Waals surface area contributed by atoms with Gasteiger partial charge in [0.15, 0.2) is 0 Å². The van der Waals surface area contributed by atoms with Crippen molar-refractivity contribution >= 4 is 5.91 Å². The molecule has 3 N–H and O–H groups in total. The zero-order valence-corrected chi connectivity index (χ0v) is 15.3. The summed E-state index contributed by atoms with van der Waals surface area (Å²) < 4.78 is 2.02. The van der Waals surface area contributed by atoms with E-state index in [1.807, 2.05) is 29.0 Å². The smallest absolute Gasteiger partial charge is 0.237 e. The van der Waals surface area contributed by atoms with Crippen LogP contribution in [0.1, 0.15) is 30.5 Å². The third-order valence-corrected chi connectivity index (χ3v) is 4.81. The van der Waals surface area contributed by atoms with Crippen LogP contribution in [0.4, 0.5) is 0 Å². The fourth-order valence-electron chi connectivity index (χ4n) is 3.36. The lowest BCUT2D eigenvalue weighted by Gasteiger charge is -2.15. The summed E-state index contributed by atoms with van der Waals surface area (Å²) in [5.41, 5.74) is 8.11. The summed E-state index contributed by atoms with van der Waals surface area (Å²) >= 11 is 0. The molecule has 3 rings (SSSR count). The Balaban J connectivity index is 1.38. The number of carbonyl (C=O) groups excluding carboxylic acids is 1. The maximum atomic E-state index is 12.2. The number of rotatable bonds is 9. The molecule has 1 aliphatic rings. The Morgan fingerprint density at radius 1 is 1.23 bits per heavy atom. The topological polar surface area (TPSA) is 76.2 Å². The maximum absolute atomic E-state index is 12.2. The van der Waals surface area contributed by atoms with E-state index >= 15 is 0 Å². The summed E-state index contributed by atoms with van der Waals surface area (Å²) in [7, 11) is 0. The first-order valence-electron chi connectivity index (χ1n) is 9.51. The van der Waals surface area contributed by atoms with Crippen LogP contribution < -0.4 is 11.1 Å². The molecule has 0 saturated carbocycles. The molecule has 0 aliphatic carbocycles. The van der Waals surface area contributed by atoms with E-state index in [0.717, 1.165) is 25.2 Å². The molecule has 1 fully saturated rings. The van der Waals surface area contributed by atoms with Crippen molar-refractivity contribution in [3.05, 3.63) is 54.1 Å². The van der Waals surface area contributed by atoms with Crippen LogP contribution >= 0.6 is 0 Å². The van der Waals surface area contributed by atoms with Crippen LogP contribution in [0.5, 0.6) is 0 Å². The van der Waals surface area contributed by atoms with Gasteiger partial charge in [0.2, 0.25) is 5.91 Å². The number of hydrogen-bond acceptors (Lipinski definition) is 4. The lowest BCUT2D eigenvalue weighted by atomic mass is 10.1. The highest BCUT2D eigenvalue weighted by molar-refractivity contribution is 5.81. The van der Waals surface area contributed by atoms with E-state index in [0.29, 0.717) is 13.0 Å². The molecule has 1 aliphatic heterocycles. The molecule has 0 unspecified atom stereocenters. The molecule has 2 aromatic rings. The molecular weight excluding hydrogens is 326 g/mol. The van der Waals surface area contributed by atoms with E-state index in [2.05, 4.69) is 27.3 Å². The van der Waals surface area contributed by atoms with E-state index in [1.165, 1.54) is 31.5 Å².